The van der Waals surface area contributed by atoms with Crippen molar-refractivity contribution in [2.75, 3.05) is 6.54 Å². The van der Waals surface area contributed by atoms with Crippen LogP contribution in [0.4, 0.5) is 8.78 Å². The molecule has 2 atom stereocenters. The first-order valence-electron chi connectivity index (χ1n) is 9.75. The molecule has 7 heteroatoms. The number of hydrogen-bond acceptors (Lipinski definition) is 4. The zero-order valence-electron chi connectivity index (χ0n) is 15.6. The molecule has 0 unspecified atom stereocenters. The number of carbonyl (C=O) groups excluding carboxylic acids is 1. The molecule has 1 aromatic carbocycles. The van der Waals surface area contributed by atoms with E-state index < -0.39 is 5.82 Å². The first kappa shape index (κ1) is 18.0. The predicted molar refractivity (Wildman–Crippen MR) is 101 cm³/mol. The summed E-state index contributed by atoms with van der Waals surface area (Å²) in [4.78, 5) is 23.6. The number of amides is 1. The summed E-state index contributed by atoms with van der Waals surface area (Å²) in [5.74, 6) is -0.238. The number of benzene rings is 1. The topological polar surface area (TPSA) is 59.2 Å². The van der Waals surface area contributed by atoms with E-state index in [-0.39, 0.29) is 23.7 Å². The minimum absolute atomic E-state index is 0.0219. The van der Waals surface area contributed by atoms with Crippen LogP contribution >= 0.6 is 0 Å². The second-order valence-electron chi connectivity index (χ2n) is 7.66. The molecule has 0 spiro atoms. The molecule has 3 aromatic rings. The number of hydrogen-bond donors (Lipinski definition) is 0. The van der Waals surface area contributed by atoms with Crippen LogP contribution in [0.1, 0.15) is 47.0 Å². The second kappa shape index (κ2) is 7.06. The number of fused-ring (bicyclic) bond motifs is 2. The van der Waals surface area contributed by atoms with Gasteiger partial charge in [0, 0.05) is 18.2 Å². The molecule has 29 heavy (non-hydrogen) atoms. The summed E-state index contributed by atoms with van der Waals surface area (Å²) >= 11 is 0. The average Bonchev–Trinajstić information content (AvgIpc) is 3.18. The summed E-state index contributed by atoms with van der Waals surface area (Å²) in [5.41, 5.74) is 2.45. The Balaban J connectivity index is 1.39. The molecule has 4 heterocycles. The van der Waals surface area contributed by atoms with Gasteiger partial charge in [0.2, 0.25) is 0 Å². The molecule has 1 fully saturated rings. The van der Waals surface area contributed by atoms with Gasteiger partial charge in [0.25, 0.3) is 5.91 Å². The lowest BCUT2D eigenvalue weighted by atomic mass is 9.90. The monoisotopic (exact) mass is 395 g/mol. The van der Waals surface area contributed by atoms with Gasteiger partial charge >= 0.3 is 0 Å². The molecule has 0 saturated carbocycles. The molecule has 0 radical (unpaired) electrons. The summed E-state index contributed by atoms with van der Waals surface area (Å²) in [6.45, 7) is 0.511. The highest BCUT2D eigenvalue weighted by Gasteiger charge is 2.37. The molecule has 0 N–H and O–H groups in total. The quantitative estimate of drug-likeness (QED) is 0.647. The number of nitrogens with zero attached hydrogens (tertiary/aromatic N) is 3. The Hall–Kier alpha value is -3.09. The Labute approximate surface area is 166 Å². The van der Waals surface area contributed by atoms with Gasteiger partial charge in [0.05, 0.1) is 17.8 Å². The van der Waals surface area contributed by atoms with Gasteiger partial charge < -0.3 is 9.32 Å². The highest BCUT2D eigenvalue weighted by Crippen LogP contribution is 2.35. The van der Waals surface area contributed by atoms with Crippen LogP contribution in [0, 0.1) is 11.6 Å². The van der Waals surface area contributed by atoms with Crippen molar-refractivity contribution in [2.24, 2.45) is 0 Å². The van der Waals surface area contributed by atoms with Crippen LogP contribution < -0.4 is 0 Å². The minimum atomic E-state index is -0.407. The maximum atomic E-state index is 13.6. The molecular weight excluding hydrogens is 376 g/mol. The molecule has 1 saturated heterocycles. The molecule has 5 nitrogen and oxygen atoms in total. The lowest BCUT2D eigenvalue weighted by molar-refractivity contribution is 0.0574. The van der Waals surface area contributed by atoms with Crippen molar-refractivity contribution in [1.29, 1.82) is 0 Å². The van der Waals surface area contributed by atoms with E-state index in [2.05, 4.69) is 9.97 Å². The number of pyridine rings is 1. The molecule has 2 aliphatic rings. The number of aromatic nitrogens is 2. The van der Waals surface area contributed by atoms with E-state index in [1.54, 1.807) is 12.1 Å². The molecule has 2 aromatic heterocycles. The Kier molecular flexibility index (Phi) is 4.38. The summed E-state index contributed by atoms with van der Waals surface area (Å²) < 4.78 is 32.4. The van der Waals surface area contributed by atoms with Crippen LogP contribution in [0.25, 0.3) is 11.4 Å². The molecule has 5 rings (SSSR count). The van der Waals surface area contributed by atoms with Gasteiger partial charge in [-0.15, -0.1) is 0 Å². The fourth-order valence-corrected chi connectivity index (χ4v) is 4.35. The fraction of sp³-hybridized carbons (Fsp3) is 0.318. The normalized spacial score (nSPS) is 21.4. The van der Waals surface area contributed by atoms with Gasteiger partial charge in [-0.1, -0.05) is 0 Å². The van der Waals surface area contributed by atoms with Crippen LogP contribution in [0.15, 0.2) is 47.2 Å². The van der Waals surface area contributed by atoms with E-state index in [0.29, 0.717) is 35.8 Å². The van der Waals surface area contributed by atoms with Crippen molar-refractivity contribution in [2.45, 2.75) is 37.6 Å². The Bertz CT molecular complexity index is 1060. The van der Waals surface area contributed by atoms with Crippen LogP contribution in [-0.4, -0.2) is 33.4 Å². The number of rotatable bonds is 2. The number of carbonyl (C=O) groups is 1. The molecular formula is C22H19F2N3O2. The lowest BCUT2D eigenvalue weighted by Crippen LogP contribution is -2.45. The van der Waals surface area contributed by atoms with Gasteiger partial charge in [0.1, 0.15) is 23.6 Å². The van der Waals surface area contributed by atoms with Gasteiger partial charge in [-0.2, -0.15) is 0 Å². The highest BCUT2D eigenvalue weighted by atomic mass is 19.1. The highest BCUT2D eigenvalue weighted by molar-refractivity contribution is 5.96. The van der Waals surface area contributed by atoms with Gasteiger partial charge in [-0.3, -0.25) is 9.78 Å². The number of halogens is 2. The fourth-order valence-electron chi connectivity index (χ4n) is 4.35. The van der Waals surface area contributed by atoms with Crippen molar-refractivity contribution in [3.63, 3.8) is 0 Å². The smallest absolute Gasteiger partial charge is 0.254 e. The van der Waals surface area contributed by atoms with Crippen molar-refractivity contribution >= 4 is 5.91 Å². The van der Waals surface area contributed by atoms with Gasteiger partial charge in [-0.05, 0) is 61.6 Å². The summed E-state index contributed by atoms with van der Waals surface area (Å²) in [6.07, 6.45) is 5.89. The first-order valence-corrected chi connectivity index (χ1v) is 9.75. The van der Waals surface area contributed by atoms with Gasteiger partial charge in [0.15, 0.2) is 5.89 Å². The molecule has 0 aliphatic carbocycles. The number of oxazole rings is 1. The molecule has 2 aliphatic heterocycles. The van der Waals surface area contributed by atoms with E-state index in [1.807, 2.05) is 4.90 Å². The van der Waals surface area contributed by atoms with Gasteiger partial charge in [-0.25, -0.2) is 13.8 Å². The zero-order chi connectivity index (χ0) is 20.0. The maximum absolute atomic E-state index is 13.6. The van der Waals surface area contributed by atoms with Crippen molar-refractivity contribution in [3.8, 4) is 11.4 Å². The van der Waals surface area contributed by atoms with E-state index in [4.69, 9.17) is 4.42 Å². The van der Waals surface area contributed by atoms with Crippen LogP contribution in [0.2, 0.25) is 0 Å². The minimum Gasteiger partial charge on any atom is -0.448 e. The Morgan fingerprint density at radius 2 is 1.90 bits per heavy atom. The standard InChI is InChI=1S/C22H19F2N3O2/c23-15-3-7-18-13(9-15)1-5-17-6-2-14(11-27(17)22(18)28)21-26-20(12-29-21)19-8-4-16(24)10-25-19/h3-4,7-10,12,14,17H,1-2,5-6,11H2/t14-,17+/m1/s1. The maximum Gasteiger partial charge on any atom is 0.254 e. The van der Waals surface area contributed by atoms with E-state index >= 15 is 0 Å². The van der Waals surface area contributed by atoms with E-state index in [9.17, 15) is 13.6 Å². The van der Waals surface area contributed by atoms with Crippen LogP contribution in [-0.2, 0) is 6.42 Å². The Morgan fingerprint density at radius 3 is 2.72 bits per heavy atom. The third kappa shape index (κ3) is 3.30. The summed E-state index contributed by atoms with van der Waals surface area (Å²) in [7, 11) is 0. The number of piperidine rings is 1. The van der Waals surface area contributed by atoms with Crippen LogP contribution in [0.3, 0.4) is 0 Å². The molecule has 0 bridgehead atoms. The average molecular weight is 395 g/mol. The molecule has 1 amide bonds. The van der Waals surface area contributed by atoms with Crippen molar-refractivity contribution in [3.05, 3.63) is 71.4 Å². The SMILES string of the molecule is O=C1c2ccc(F)cc2CC[C@H]2CC[C@@H](c3nc(-c4ccc(F)cn4)co3)CN12. The Morgan fingerprint density at radius 1 is 1.03 bits per heavy atom. The third-order valence-electron chi connectivity index (χ3n) is 5.87. The summed E-state index contributed by atoms with van der Waals surface area (Å²) in [6, 6.07) is 7.43. The zero-order valence-corrected chi connectivity index (χ0v) is 15.6. The van der Waals surface area contributed by atoms with Crippen LogP contribution in [0.5, 0.6) is 0 Å². The lowest BCUT2D eigenvalue weighted by Gasteiger charge is -2.37. The molecule has 148 valence electrons. The van der Waals surface area contributed by atoms with Crippen molar-refractivity contribution < 1.29 is 18.0 Å². The summed E-state index contributed by atoms with van der Waals surface area (Å²) in [5, 5.41) is 0. The predicted octanol–water partition coefficient (Wildman–Crippen LogP) is 4.35. The second-order valence-corrected chi connectivity index (χ2v) is 7.66. The van der Waals surface area contributed by atoms with E-state index in [1.165, 1.54) is 24.5 Å². The van der Waals surface area contributed by atoms with E-state index in [0.717, 1.165) is 31.0 Å². The number of aryl methyl sites for hydroxylation is 1. The first-order chi connectivity index (χ1) is 14.1. The van der Waals surface area contributed by atoms with Crippen molar-refractivity contribution in [1.82, 2.24) is 14.9 Å². The third-order valence-corrected chi connectivity index (χ3v) is 5.87. The largest absolute Gasteiger partial charge is 0.448 e.